The fourth-order valence-electron chi connectivity index (χ4n) is 6.47. The van der Waals surface area contributed by atoms with Crippen molar-refractivity contribution >= 4 is 12.0 Å². The molecule has 5 heteroatoms. The first-order valence-electron chi connectivity index (χ1n) is 12.5. The number of piperidine rings is 1. The standard InChI is InChI=1S/C28H33F2NO2/c29-28(30)17-22(15-19-3-1-2-4-19)27(25-10-9-24(33)16-26(25)28)21-5-7-23(8-6-21)31-13-11-20(18-32)12-14-31/h5-10,16,18-20,22,27,33H,1-4,11-15,17H2/t22-,27-/m1/s1. The van der Waals surface area contributed by atoms with Crippen LogP contribution in [0.2, 0.25) is 0 Å². The van der Waals surface area contributed by atoms with Gasteiger partial charge in [0.25, 0.3) is 5.92 Å². The number of aromatic hydroxyl groups is 1. The number of phenols is 1. The Morgan fingerprint density at radius 3 is 2.36 bits per heavy atom. The van der Waals surface area contributed by atoms with E-state index in [4.69, 9.17) is 0 Å². The van der Waals surface area contributed by atoms with Crippen molar-refractivity contribution in [2.45, 2.75) is 63.2 Å². The summed E-state index contributed by atoms with van der Waals surface area (Å²) in [6.45, 7) is 1.73. The molecule has 176 valence electrons. The molecule has 33 heavy (non-hydrogen) atoms. The van der Waals surface area contributed by atoms with Gasteiger partial charge >= 0.3 is 0 Å². The zero-order chi connectivity index (χ0) is 23.0. The number of aldehydes is 1. The number of hydrogen-bond donors (Lipinski definition) is 1. The third-order valence-electron chi connectivity index (χ3n) is 8.22. The summed E-state index contributed by atoms with van der Waals surface area (Å²) >= 11 is 0. The number of alkyl halides is 2. The molecule has 1 heterocycles. The molecule has 1 saturated heterocycles. The zero-order valence-corrected chi connectivity index (χ0v) is 19.1. The van der Waals surface area contributed by atoms with Crippen molar-refractivity contribution < 1.29 is 18.7 Å². The second-order valence-corrected chi connectivity index (χ2v) is 10.4. The van der Waals surface area contributed by atoms with Gasteiger partial charge in [-0.05, 0) is 66.5 Å². The van der Waals surface area contributed by atoms with Gasteiger partial charge in [0.05, 0.1) is 0 Å². The van der Waals surface area contributed by atoms with Crippen molar-refractivity contribution in [2.24, 2.45) is 17.8 Å². The summed E-state index contributed by atoms with van der Waals surface area (Å²) in [4.78, 5) is 13.4. The summed E-state index contributed by atoms with van der Waals surface area (Å²) in [6, 6.07) is 12.9. The monoisotopic (exact) mass is 453 g/mol. The molecule has 1 saturated carbocycles. The normalized spacial score (nSPS) is 25.7. The van der Waals surface area contributed by atoms with Crippen molar-refractivity contribution in [3.8, 4) is 5.75 Å². The van der Waals surface area contributed by atoms with E-state index in [0.29, 0.717) is 11.5 Å². The Morgan fingerprint density at radius 1 is 1.00 bits per heavy atom. The largest absolute Gasteiger partial charge is 0.508 e. The lowest BCUT2D eigenvalue weighted by molar-refractivity contribution is -0.111. The fourth-order valence-corrected chi connectivity index (χ4v) is 6.47. The Labute approximate surface area is 194 Å². The predicted molar refractivity (Wildman–Crippen MR) is 126 cm³/mol. The SMILES string of the molecule is O=CC1CCN(c2ccc([C@H]3c4ccc(O)cc4C(F)(F)C[C@H]3CC3CCCC3)cc2)CC1. The highest BCUT2D eigenvalue weighted by Gasteiger charge is 2.47. The van der Waals surface area contributed by atoms with E-state index < -0.39 is 5.92 Å². The zero-order valence-electron chi connectivity index (χ0n) is 19.1. The number of anilines is 1. The van der Waals surface area contributed by atoms with Crippen molar-refractivity contribution in [1.82, 2.24) is 0 Å². The molecule has 0 unspecified atom stereocenters. The first-order valence-corrected chi connectivity index (χ1v) is 12.5. The molecule has 3 nitrogen and oxygen atoms in total. The Kier molecular flexibility index (Phi) is 6.15. The van der Waals surface area contributed by atoms with E-state index in [2.05, 4.69) is 29.2 Å². The molecule has 2 atom stereocenters. The molecule has 2 aliphatic carbocycles. The van der Waals surface area contributed by atoms with Gasteiger partial charge in [-0.15, -0.1) is 0 Å². The highest BCUT2D eigenvalue weighted by molar-refractivity contribution is 5.56. The van der Waals surface area contributed by atoms with E-state index in [0.717, 1.165) is 62.7 Å². The molecule has 5 rings (SSSR count). The van der Waals surface area contributed by atoms with E-state index in [1.807, 2.05) is 0 Å². The van der Waals surface area contributed by atoms with E-state index >= 15 is 8.78 Å². The smallest absolute Gasteiger partial charge is 0.273 e. The average Bonchev–Trinajstić information content (AvgIpc) is 3.33. The molecular formula is C28H33F2NO2. The topological polar surface area (TPSA) is 40.5 Å². The maximum absolute atomic E-state index is 15.2. The van der Waals surface area contributed by atoms with Gasteiger partial charge in [-0.2, -0.15) is 0 Å². The van der Waals surface area contributed by atoms with Crippen LogP contribution in [0.4, 0.5) is 14.5 Å². The van der Waals surface area contributed by atoms with Crippen LogP contribution in [0.15, 0.2) is 42.5 Å². The van der Waals surface area contributed by atoms with Crippen LogP contribution >= 0.6 is 0 Å². The van der Waals surface area contributed by atoms with Gasteiger partial charge in [0.1, 0.15) is 12.0 Å². The van der Waals surface area contributed by atoms with Crippen LogP contribution in [0.1, 0.15) is 74.0 Å². The van der Waals surface area contributed by atoms with Crippen LogP contribution < -0.4 is 4.90 Å². The highest BCUT2D eigenvalue weighted by Crippen LogP contribution is 2.53. The van der Waals surface area contributed by atoms with Gasteiger partial charge < -0.3 is 14.8 Å². The van der Waals surface area contributed by atoms with Crippen LogP contribution in [0.25, 0.3) is 0 Å². The molecule has 0 radical (unpaired) electrons. The molecule has 3 aliphatic rings. The third-order valence-corrected chi connectivity index (χ3v) is 8.22. The maximum atomic E-state index is 15.2. The maximum Gasteiger partial charge on any atom is 0.273 e. The van der Waals surface area contributed by atoms with Gasteiger partial charge in [-0.25, -0.2) is 8.78 Å². The first-order chi connectivity index (χ1) is 15.9. The summed E-state index contributed by atoms with van der Waals surface area (Å²) in [7, 11) is 0. The van der Waals surface area contributed by atoms with Crippen LogP contribution in [0.5, 0.6) is 5.75 Å². The van der Waals surface area contributed by atoms with Crippen molar-refractivity contribution in [2.75, 3.05) is 18.0 Å². The lowest BCUT2D eigenvalue weighted by Crippen LogP contribution is -2.34. The Balaban J connectivity index is 1.46. The van der Waals surface area contributed by atoms with Gasteiger partial charge in [0, 0.05) is 42.6 Å². The summed E-state index contributed by atoms with van der Waals surface area (Å²) < 4.78 is 30.4. The minimum Gasteiger partial charge on any atom is -0.508 e. The van der Waals surface area contributed by atoms with E-state index in [1.54, 1.807) is 12.1 Å². The fraction of sp³-hybridized carbons (Fsp3) is 0.536. The van der Waals surface area contributed by atoms with Crippen molar-refractivity contribution in [3.63, 3.8) is 0 Å². The van der Waals surface area contributed by atoms with Crippen LogP contribution in [0, 0.1) is 17.8 Å². The molecule has 0 aromatic heterocycles. The predicted octanol–water partition coefficient (Wildman–Crippen LogP) is 6.63. The Bertz CT molecular complexity index is 976. The molecular weight excluding hydrogens is 420 g/mol. The molecule has 1 aliphatic heterocycles. The second-order valence-electron chi connectivity index (χ2n) is 10.4. The summed E-state index contributed by atoms with van der Waals surface area (Å²) in [5.74, 6) is -2.53. The number of hydrogen-bond acceptors (Lipinski definition) is 3. The number of benzene rings is 2. The van der Waals surface area contributed by atoms with Gasteiger partial charge in [0.15, 0.2) is 0 Å². The average molecular weight is 454 g/mol. The minimum atomic E-state index is -2.92. The number of carbonyl (C=O) groups excluding carboxylic acids is 1. The van der Waals surface area contributed by atoms with Crippen molar-refractivity contribution in [3.05, 3.63) is 59.2 Å². The molecule has 2 aromatic rings. The number of carbonyl (C=O) groups is 1. The molecule has 0 amide bonds. The van der Waals surface area contributed by atoms with E-state index in [-0.39, 0.29) is 35.5 Å². The second kappa shape index (κ2) is 9.08. The minimum absolute atomic E-state index is 0.0183. The molecule has 2 fully saturated rings. The molecule has 1 N–H and O–H groups in total. The van der Waals surface area contributed by atoms with Crippen molar-refractivity contribution in [1.29, 1.82) is 0 Å². The Hall–Kier alpha value is -2.43. The van der Waals surface area contributed by atoms with E-state index in [9.17, 15) is 9.90 Å². The quantitative estimate of drug-likeness (QED) is 0.517. The number of phenolic OH excluding ortho intramolecular Hbond substituents is 1. The molecule has 0 bridgehead atoms. The number of fused-ring (bicyclic) bond motifs is 1. The summed E-state index contributed by atoms with van der Waals surface area (Å²) in [5, 5.41) is 9.93. The number of halogens is 2. The first kappa shape index (κ1) is 22.4. The number of rotatable bonds is 5. The molecule has 2 aromatic carbocycles. The lowest BCUT2D eigenvalue weighted by atomic mass is 9.67. The molecule has 0 spiro atoms. The van der Waals surface area contributed by atoms with E-state index in [1.165, 1.54) is 18.9 Å². The van der Waals surface area contributed by atoms with Gasteiger partial charge in [-0.3, -0.25) is 0 Å². The summed E-state index contributed by atoms with van der Waals surface area (Å²) in [5.41, 5.74) is 2.84. The van der Waals surface area contributed by atoms with Gasteiger partial charge in [0.2, 0.25) is 0 Å². The van der Waals surface area contributed by atoms with Gasteiger partial charge in [-0.1, -0.05) is 43.9 Å². The third kappa shape index (κ3) is 4.51. The lowest BCUT2D eigenvalue weighted by Gasteiger charge is -2.40. The Morgan fingerprint density at radius 2 is 1.70 bits per heavy atom. The highest BCUT2D eigenvalue weighted by atomic mass is 19.3. The van der Waals surface area contributed by atoms with Crippen LogP contribution in [-0.2, 0) is 10.7 Å². The van der Waals surface area contributed by atoms with Crippen LogP contribution in [-0.4, -0.2) is 24.5 Å². The van der Waals surface area contributed by atoms with Crippen LogP contribution in [0.3, 0.4) is 0 Å². The number of nitrogens with zero attached hydrogens (tertiary/aromatic N) is 1. The summed E-state index contributed by atoms with van der Waals surface area (Å²) in [6.07, 6.45) is 8.20.